The molecule has 9 atom stereocenters. The van der Waals surface area contributed by atoms with E-state index < -0.39 is 194 Å². The third-order valence-electron chi connectivity index (χ3n) is 18.8. The molecule has 0 aliphatic carbocycles. The van der Waals surface area contributed by atoms with Gasteiger partial charge in [0, 0.05) is 38.6 Å². The Bertz CT molecular complexity index is 2970. The SMILES string of the molecule is CCCCCCCCCCCCCCCC(=O)NCCCC[C@H](NC(=O)CCCCCCCCCCCCCCC)C(=O)N[C@@H](CC(N)=O)C(=O)N[C@@H](CC(=O)O)C(=O)NCC(=O)N[C@@H](CC(=O)O)C(=O)N[C@@H](Cc1ccccc1)C(=O)N[C@@H](CCC(=O)O)C(=O)N[C@@H](CCC(=O)O)C(=O)N[C@H](C(C)=O)C(C)CC. The maximum Gasteiger partial charge on any atom is 0.305 e. The summed E-state index contributed by atoms with van der Waals surface area (Å²) in [5.41, 5.74) is 5.89. The van der Waals surface area contributed by atoms with Gasteiger partial charge in [-0.1, -0.05) is 219 Å². The molecular weight excluding hydrogens is 1410 g/mol. The van der Waals surface area contributed by atoms with Crippen LogP contribution in [0.15, 0.2) is 30.3 Å². The first-order valence-electron chi connectivity index (χ1n) is 39.7. The lowest BCUT2D eigenvalue weighted by Crippen LogP contribution is -2.60. The molecule has 1 rings (SSSR count). The Morgan fingerprint density at radius 1 is 0.349 bits per heavy atom. The van der Waals surface area contributed by atoms with Crippen molar-refractivity contribution in [3.8, 4) is 0 Å². The van der Waals surface area contributed by atoms with Crippen molar-refractivity contribution in [1.82, 2.24) is 53.2 Å². The molecule has 1 aromatic carbocycles. The molecule has 0 fully saturated rings. The lowest BCUT2D eigenvalue weighted by Gasteiger charge is -2.28. The first-order chi connectivity index (χ1) is 52.0. The molecule has 1 unspecified atom stereocenters. The molecule has 616 valence electrons. The van der Waals surface area contributed by atoms with Gasteiger partial charge in [-0.25, -0.2) is 0 Å². The van der Waals surface area contributed by atoms with Gasteiger partial charge in [-0.05, 0) is 63.4 Å². The van der Waals surface area contributed by atoms with Crippen LogP contribution < -0.4 is 58.9 Å². The van der Waals surface area contributed by atoms with E-state index in [-0.39, 0.29) is 31.7 Å². The zero-order valence-corrected chi connectivity index (χ0v) is 65.2. The van der Waals surface area contributed by atoms with Crippen molar-refractivity contribution >= 4 is 94.6 Å². The fourth-order valence-electron chi connectivity index (χ4n) is 12.3. The number of primary amides is 1. The van der Waals surface area contributed by atoms with Crippen LogP contribution in [0.5, 0.6) is 0 Å². The van der Waals surface area contributed by atoms with Crippen LogP contribution in [0.3, 0.4) is 0 Å². The van der Waals surface area contributed by atoms with E-state index in [4.69, 9.17) is 5.73 Å². The molecule has 0 heterocycles. The van der Waals surface area contributed by atoms with Crippen LogP contribution in [0.2, 0.25) is 0 Å². The van der Waals surface area contributed by atoms with Crippen molar-refractivity contribution in [1.29, 1.82) is 0 Å². The number of hydrogen-bond acceptors (Lipinski definition) is 16. The van der Waals surface area contributed by atoms with Crippen LogP contribution in [0, 0.1) is 5.92 Å². The Kier molecular flexibility index (Phi) is 53.8. The van der Waals surface area contributed by atoms with E-state index in [9.17, 15) is 97.1 Å². The summed E-state index contributed by atoms with van der Waals surface area (Å²) < 4.78 is 0. The van der Waals surface area contributed by atoms with Crippen LogP contribution in [0.25, 0.3) is 0 Å². The number of nitrogens with one attached hydrogen (secondary N) is 10. The third-order valence-corrected chi connectivity index (χ3v) is 18.8. The number of rotatable bonds is 67. The van der Waals surface area contributed by atoms with Gasteiger partial charge in [0.1, 0.15) is 42.3 Å². The number of unbranched alkanes of at least 4 members (excludes halogenated alkanes) is 25. The number of hydrogen-bond donors (Lipinski definition) is 15. The maximum absolute atomic E-state index is 14.3. The molecule has 0 radical (unpaired) electrons. The lowest BCUT2D eigenvalue weighted by atomic mass is 9.95. The molecule has 0 saturated carbocycles. The highest BCUT2D eigenvalue weighted by atomic mass is 16.4. The highest BCUT2D eigenvalue weighted by Crippen LogP contribution is 2.17. The van der Waals surface area contributed by atoms with Crippen LogP contribution in [0.1, 0.15) is 291 Å². The van der Waals surface area contributed by atoms with Crippen molar-refractivity contribution in [2.75, 3.05) is 13.1 Å². The largest absolute Gasteiger partial charge is 0.481 e. The van der Waals surface area contributed by atoms with Crippen molar-refractivity contribution in [3.05, 3.63) is 35.9 Å². The average molecular weight is 1540 g/mol. The zero-order chi connectivity index (χ0) is 81.3. The molecule has 11 amide bonds. The van der Waals surface area contributed by atoms with Crippen LogP contribution in [-0.4, -0.2) is 176 Å². The minimum absolute atomic E-state index is 0.0198. The van der Waals surface area contributed by atoms with Gasteiger partial charge in [-0.15, -0.1) is 0 Å². The first-order valence-corrected chi connectivity index (χ1v) is 39.7. The third kappa shape index (κ3) is 48.9. The van der Waals surface area contributed by atoms with Crippen molar-refractivity contribution in [2.24, 2.45) is 11.7 Å². The first kappa shape index (κ1) is 98.0. The summed E-state index contributed by atoms with van der Waals surface area (Å²) in [4.78, 5) is 210. The predicted molar refractivity (Wildman–Crippen MR) is 408 cm³/mol. The van der Waals surface area contributed by atoms with Gasteiger partial charge >= 0.3 is 23.9 Å². The summed E-state index contributed by atoms with van der Waals surface area (Å²) in [7, 11) is 0. The second-order valence-corrected chi connectivity index (χ2v) is 28.5. The Morgan fingerprint density at radius 3 is 1.12 bits per heavy atom. The van der Waals surface area contributed by atoms with E-state index in [2.05, 4.69) is 67.0 Å². The molecule has 1 aromatic rings. The van der Waals surface area contributed by atoms with Gasteiger partial charge < -0.3 is 79.3 Å². The van der Waals surface area contributed by atoms with Gasteiger partial charge in [0.25, 0.3) is 0 Å². The standard InChI is InChI=1S/C78H129N11O20/c1-6-9-11-13-15-17-19-21-23-25-27-29-34-41-64(92)80-47-37-36-40-56(82-65(93)42-35-30-28-26-24-22-20-18-16-14-12-10-7-2)73(104)87-60(49-63(79)91)77(108)88-61(50-69(99)100)72(103)81-52-66(94)83-62(51-70(101)102)78(109)86-59(48-55-38-32-31-33-39-55)76(107)85-57(43-45-67(95)96)74(105)84-58(44-46-68(97)98)75(106)89-71(54(5)90)53(4)8-3/h31-33,38-39,53,56-62,71H,6-30,34-37,40-52H2,1-5H3,(H2,79,91)(H,80,92)(H,81,103)(H,82,93)(H,83,94)(H,84,105)(H,85,107)(H,86,109)(H,87,104)(H,88,108)(H,89,106)(H,95,96)(H,97,98)(H,99,100)(H,101,102)/t53?,56-,57-,58-,59-,60-,61-,62-,71-/m0/s1. The van der Waals surface area contributed by atoms with Gasteiger partial charge in [-0.3, -0.25) is 76.7 Å². The Labute approximate surface area is 642 Å². The van der Waals surface area contributed by atoms with Gasteiger partial charge in [0.2, 0.25) is 65.0 Å². The minimum atomic E-state index is -2.05. The Balaban J connectivity index is 3.33. The van der Waals surface area contributed by atoms with Gasteiger partial charge in [-0.2, -0.15) is 0 Å². The van der Waals surface area contributed by atoms with Crippen molar-refractivity contribution < 1.29 is 97.1 Å². The lowest BCUT2D eigenvalue weighted by molar-refractivity contribution is -0.142. The van der Waals surface area contributed by atoms with Crippen LogP contribution in [0.4, 0.5) is 0 Å². The number of carbonyl (C=O) groups is 16. The number of amides is 11. The molecule has 0 aliphatic rings. The monoisotopic (exact) mass is 1540 g/mol. The second kappa shape index (κ2) is 59.8. The molecular formula is C78H129N11O20. The fraction of sp³-hybridized carbons (Fsp3) is 0.718. The minimum Gasteiger partial charge on any atom is -0.481 e. The van der Waals surface area contributed by atoms with Gasteiger partial charge in [0.05, 0.1) is 31.8 Å². The molecule has 0 aromatic heterocycles. The zero-order valence-electron chi connectivity index (χ0n) is 65.2. The molecule has 0 spiro atoms. The number of aliphatic carboxylic acids is 4. The highest BCUT2D eigenvalue weighted by Gasteiger charge is 2.36. The topological polar surface area (TPSA) is 500 Å². The number of Topliss-reactive ketones (excluding diaryl/α,β-unsaturated/α-hetero) is 1. The molecule has 31 nitrogen and oxygen atoms in total. The molecule has 31 heteroatoms. The van der Waals surface area contributed by atoms with E-state index in [0.717, 1.165) is 57.8 Å². The Morgan fingerprint density at radius 2 is 0.706 bits per heavy atom. The van der Waals surface area contributed by atoms with E-state index in [1.54, 1.807) is 32.0 Å². The number of carboxylic acids is 4. The molecule has 16 N–H and O–H groups in total. The smallest absolute Gasteiger partial charge is 0.305 e. The van der Waals surface area contributed by atoms with Crippen LogP contribution in [-0.2, 0) is 83.1 Å². The normalized spacial score (nSPS) is 13.5. The summed E-state index contributed by atoms with van der Waals surface area (Å²) in [6.45, 7) is 8.22. The molecule has 0 saturated heterocycles. The second-order valence-electron chi connectivity index (χ2n) is 28.5. The van der Waals surface area contributed by atoms with Crippen LogP contribution >= 0.6 is 0 Å². The molecule has 109 heavy (non-hydrogen) atoms. The van der Waals surface area contributed by atoms with E-state index in [0.29, 0.717) is 37.7 Å². The predicted octanol–water partition coefficient (Wildman–Crippen LogP) is 6.66. The molecule has 0 aliphatic heterocycles. The maximum atomic E-state index is 14.3. The van der Waals surface area contributed by atoms with E-state index >= 15 is 0 Å². The molecule has 0 bridgehead atoms. The summed E-state index contributed by atoms with van der Waals surface area (Å²) >= 11 is 0. The Hall–Kier alpha value is -9.06. The highest BCUT2D eigenvalue weighted by molar-refractivity contribution is 6.00. The fourth-order valence-corrected chi connectivity index (χ4v) is 12.3. The average Bonchev–Trinajstić information content (AvgIpc) is 0.858. The summed E-state index contributed by atoms with van der Waals surface area (Å²) in [6, 6.07) is -5.64. The number of ketones is 1. The van der Waals surface area contributed by atoms with E-state index in [1.807, 2.05) is 0 Å². The number of benzene rings is 1. The summed E-state index contributed by atoms with van der Waals surface area (Å²) in [6.07, 6.45) is 24.8. The number of nitrogens with two attached hydrogens (primary N) is 1. The van der Waals surface area contributed by atoms with E-state index in [1.165, 1.54) is 122 Å². The summed E-state index contributed by atoms with van der Waals surface area (Å²) in [5, 5.41) is 62.8. The quantitative estimate of drug-likeness (QED) is 0.0303. The summed E-state index contributed by atoms with van der Waals surface area (Å²) in [5.74, 6) is -18.1. The number of carboxylic acid groups (broad SMARTS) is 4. The van der Waals surface area contributed by atoms with Crippen molar-refractivity contribution in [3.63, 3.8) is 0 Å². The van der Waals surface area contributed by atoms with Gasteiger partial charge in [0.15, 0.2) is 5.78 Å². The van der Waals surface area contributed by atoms with Crippen molar-refractivity contribution in [2.45, 2.75) is 340 Å². The number of carbonyl (C=O) groups excluding carboxylic acids is 12.